The van der Waals surface area contributed by atoms with Crippen molar-refractivity contribution in [3.8, 4) is 0 Å². The monoisotopic (exact) mass is 176 g/mol. The Bertz CT molecular complexity index is 363. The summed E-state index contributed by atoms with van der Waals surface area (Å²) in [5.74, 6) is 0.0260. The second kappa shape index (κ2) is 3.09. The minimum atomic E-state index is 0.0260. The van der Waals surface area contributed by atoms with Crippen LogP contribution in [0.2, 0.25) is 0 Å². The molecule has 0 saturated heterocycles. The summed E-state index contributed by atoms with van der Waals surface area (Å²) in [4.78, 5) is 14.7. The molecule has 68 valence electrons. The van der Waals surface area contributed by atoms with Crippen molar-refractivity contribution < 1.29 is 4.79 Å². The van der Waals surface area contributed by atoms with Crippen LogP contribution in [0.3, 0.4) is 0 Å². The van der Waals surface area contributed by atoms with Crippen LogP contribution in [-0.4, -0.2) is 17.4 Å². The molecule has 3 nitrogen and oxygen atoms in total. The standard InChI is InChI=1S/C10H12N2O/c1-7-6-12-8-4-2-3-5-11-10(13)9(7)8/h2-3,6,12H,4-5H2,1H3,(H,11,13). The van der Waals surface area contributed by atoms with Gasteiger partial charge in [0.15, 0.2) is 0 Å². The highest BCUT2D eigenvalue weighted by Crippen LogP contribution is 2.14. The molecule has 0 radical (unpaired) electrons. The van der Waals surface area contributed by atoms with Crippen molar-refractivity contribution in [3.05, 3.63) is 35.2 Å². The number of rotatable bonds is 0. The third-order valence-corrected chi connectivity index (χ3v) is 2.26. The van der Waals surface area contributed by atoms with E-state index < -0.39 is 0 Å². The summed E-state index contributed by atoms with van der Waals surface area (Å²) in [6, 6.07) is 0. The van der Waals surface area contributed by atoms with E-state index in [1.54, 1.807) is 0 Å². The lowest BCUT2D eigenvalue weighted by Gasteiger charge is -2.07. The number of allylic oxidation sites excluding steroid dienone is 1. The van der Waals surface area contributed by atoms with E-state index in [0.717, 1.165) is 23.2 Å². The fourth-order valence-corrected chi connectivity index (χ4v) is 1.58. The van der Waals surface area contributed by atoms with Crippen LogP contribution < -0.4 is 5.32 Å². The average Bonchev–Trinajstić information content (AvgIpc) is 2.42. The zero-order valence-electron chi connectivity index (χ0n) is 7.55. The molecule has 2 heterocycles. The Hall–Kier alpha value is -1.51. The van der Waals surface area contributed by atoms with E-state index in [0.29, 0.717) is 6.54 Å². The Morgan fingerprint density at radius 3 is 3.08 bits per heavy atom. The van der Waals surface area contributed by atoms with Gasteiger partial charge in [-0.2, -0.15) is 0 Å². The van der Waals surface area contributed by atoms with Gasteiger partial charge in [0.25, 0.3) is 5.91 Å². The van der Waals surface area contributed by atoms with Crippen molar-refractivity contribution in [2.75, 3.05) is 6.54 Å². The molecule has 0 unspecified atom stereocenters. The third kappa shape index (κ3) is 1.37. The van der Waals surface area contributed by atoms with Gasteiger partial charge in [0.2, 0.25) is 0 Å². The first kappa shape index (κ1) is 8.10. The van der Waals surface area contributed by atoms with Crippen molar-refractivity contribution in [1.29, 1.82) is 0 Å². The lowest BCUT2D eigenvalue weighted by molar-refractivity contribution is 0.0956. The molecule has 0 bridgehead atoms. The van der Waals surface area contributed by atoms with Crippen molar-refractivity contribution in [2.24, 2.45) is 0 Å². The molecule has 0 fully saturated rings. The van der Waals surface area contributed by atoms with E-state index in [-0.39, 0.29) is 5.91 Å². The predicted octanol–water partition coefficient (Wildman–Crippen LogP) is 1.17. The van der Waals surface area contributed by atoms with Gasteiger partial charge in [-0.05, 0) is 12.5 Å². The molecule has 0 aliphatic carbocycles. The maximum Gasteiger partial charge on any atom is 0.253 e. The number of fused-ring (bicyclic) bond motifs is 1. The first-order valence-electron chi connectivity index (χ1n) is 4.39. The quantitative estimate of drug-likeness (QED) is 0.572. The Kier molecular flexibility index (Phi) is 1.93. The van der Waals surface area contributed by atoms with E-state index in [1.165, 1.54) is 0 Å². The number of hydrogen-bond donors (Lipinski definition) is 2. The number of hydrogen-bond acceptors (Lipinski definition) is 1. The molecule has 0 aromatic carbocycles. The van der Waals surface area contributed by atoms with E-state index >= 15 is 0 Å². The third-order valence-electron chi connectivity index (χ3n) is 2.26. The number of amides is 1. The lowest BCUT2D eigenvalue weighted by Crippen LogP contribution is -2.25. The average molecular weight is 176 g/mol. The van der Waals surface area contributed by atoms with Gasteiger partial charge in [0.05, 0.1) is 5.56 Å². The number of carbonyl (C=O) groups excluding carboxylic acids is 1. The molecule has 1 aromatic heterocycles. The second-order valence-electron chi connectivity index (χ2n) is 3.21. The molecule has 3 heteroatoms. The molecule has 1 aliphatic rings. The predicted molar refractivity (Wildman–Crippen MR) is 50.7 cm³/mol. The van der Waals surface area contributed by atoms with Crippen LogP contribution in [-0.2, 0) is 6.42 Å². The van der Waals surface area contributed by atoms with Gasteiger partial charge in [-0.3, -0.25) is 4.79 Å². The van der Waals surface area contributed by atoms with Crippen LogP contribution in [0.5, 0.6) is 0 Å². The molecule has 2 rings (SSSR count). The van der Waals surface area contributed by atoms with Crippen molar-refractivity contribution in [1.82, 2.24) is 10.3 Å². The Morgan fingerprint density at radius 2 is 2.23 bits per heavy atom. The fourth-order valence-electron chi connectivity index (χ4n) is 1.58. The van der Waals surface area contributed by atoms with Crippen LogP contribution >= 0.6 is 0 Å². The van der Waals surface area contributed by atoms with Crippen LogP contribution in [0.15, 0.2) is 18.3 Å². The minimum absolute atomic E-state index is 0.0260. The van der Waals surface area contributed by atoms with Gasteiger partial charge in [0.1, 0.15) is 0 Å². The Labute approximate surface area is 76.8 Å². The zero-order chi connectivity index (χ0) is 9.26. The van der Waals surface area contributed by atoms with Gasteiger partial charge in [-0.25, -0.2) is 0 Å². The number of aromatic nitrogens is 1. The topological polar surface area (TPSA) is 44.9 Å². The maximum atomic E-state index is 11.6. The molecule has 0 saturated carbocycles. The number of aromatic amines is 1. The molecule has 1 amide bonds. The SMILES string of the molecule is Cc1c[nH]c2c1C(=O)NCC=CC2. The summed E-state index contributed by atoms with van der Waals surface area (Å²) >= 11 is 0. The highest BCUT2D eigenvalue weighted by atomic mass is 16.1. The summed E-state index contributed by atoms with van der Waals surface area (Å²) in [6.45, 7) is 2.57. The van der Waals surface area contributed by atoms with Gasteiger partial charge < -0.3 is 10.3 Å². The van der Waals surface area contributed by atoms with Gasteiger partial charge in [-0.15, -0.1) is 0 Å². The molecular weight excluding hydrogens is 164 g/mol. The van der Waals surface area contributed by atoms with E-state index in [1.807, 2.05) is 19.2 Å². The normalized spacial score (nSPS) is 15.9. The highest BCUT2D eigenvalue weighted by Gasteiger charge is 2.15. The fraction of sp³-hybridized carbons (Fsp3) is 0.300. The van der Waals surface area contributed by atoms with Crippen molar-refractivity contribution in [3.63, 3.8) is 0 Å². The highest BCUT2D eigenvalue weighted by molar-refractivity contribution is 5.97. The van der Waals surface area contributed by atoms with Crippen LogP contribution in [0, 0.1) is 6.92 Å². The molecule has 13 heavy (non-hydrogen) atoms. The van der Waals surface area contributed by atoms with E-state index in [2.05, 4.69) is 16.4 Å². The Balaban J connectivity index is 2.47. The molecule has 2 N–H and O–H groups in total. The molecule has 0 spiro atoms. The largest absolute Gasteiger partial charge is 0.364 e. The summed E-state index contributed by atoms with van der Waals surface area (Å²) in [6.07, 6.45) is 6.73. The van der Waals surface area contributed by atoms with Crippen molar-refractivity contribution in [2.45, 2.75) is 13.3 Å². The Morgan fingerprint density at radius 1 is 1.38 bits per heavy atom. The summed E-state index contributed by atoms with van der Waals surface area (Å²) in [5.41, 5.74) is 2.83. The maximum absolute atomic E-state index is 11.6. The van der Waals surface area contributed by atoms with Crippen LogP contribution in [0.4, 0.5) is 0 Å². The number of carbonyl (C=O) groups is 1. The minimum Gasteiger partial charge on any atom is -0.364 e. The van der Waals surface area contributed by atoms with Gasteiger partial charge >= 0.3 is 0 Å². The van der Waals surface area contributed by atoms with E-state index in [4.69, 9.17) is 0 Å². The number of aryl methyl sites for hydroxylation is 1. The van der Waals surface area contributed by atoms with E-state index in [9.17, 15) is 4.79 Å². The molecule has 0 atom stereocenters. The summed E-state index contributed by atoms with van der Waals surface area (Å²) in [7, 11) is 0. The first-order chi connectivity index (χ1) is 6.29. The molecular formula is C10H12N2O. The summed E-state index contributed by atoms with van der Waals surface area (Å²) < 4.78 is 0. The number of nitrogens with one attached hydrogen (secondary N) is 2. The lowest BCUT2D eigenvalue weighted by atomic mass is 10.1. The van der Waals surface area contributed by atoms with Crippen LogP contribution in [0.1, 0.15) is 21.6 Å². The molecule has 1 aromatic rings. The van der Waals surface area contributed by atoms with Gasteiger partial charge in [0, 0.05) is 24.9 Å². The van der Waals surface area contributed by atoms with Crippen LogP contribution in [0.25, 0.3) is 0 Å². The smallest absolute Gasteiger partial charge is 0.253 e. The first-order valence-corrected chi connectivity index (χ1v) is 4.39. The second-order valence-corrected chi connectivity index (χ2v) is 3.21. The summed E-state index contributed by atoms with van der Waals surface area (Å²) in [5, 5.41) is 2.82. The van der Waals surface area contributed by atoms with Gasteiger partial charge in [-0.1, -0.05) is 12.2 Å². The van der Waals surface area contributed by atoms with Crippen molar-refractivity contribution >= 4 is 5.91 Å². The molecule has 1 aliphatic heterocycles. The number of H-pyrrole nitrogens is 1. The zero-order valence-corrected chi connectivity index (χ0v) is 7.55.